The summed E-state index contributed by atoms with van der Waals surface area (Å²) < 4.78 is 43.3. The summed E-state index contributed by atoms with van der Waals surface area (Å²) in [5.74, 6) is -1.77. The highest BCUT2D eigenvalue weighted by Gasteiger charge is 2.49. The van der Waals surface area contributed by atoms with E-state index >= 15 is 0 Å². The number of benzene rings is 1. The quantitative estimate of drug-likeness (QED) is 0.832. The number of ether oxygens (including phenoxy) is 1. The summed E-state index contributed by atoms with van der Waals surface area (Å²) in [5.41, 5.74) is 1.10. The van der Waals surface area contributed by atoms with Crippen LogP contribution >= 0.6 is 0 Å². The largest absolute Gasteiger partial charge is 0.471 e. The van der Waals surface area contributed by atoms with Gasteiger partial charge in [0.1, 0.15) is 0 Å². The maximum atomic E-state index is 12.6. The number of nitrogens with zero attached hydrogens (tertiary/aromatic N) is 2. The number of rotatable bonds is 2. The minimum Gasteiger partial charge on any atom is -0.373 e. The molecule has 3 rings (SSSR count). The second kappa shape index (κ2) is 5.89. The third-order valence-corrected chi connectivity index (χ3v) is 4.17. The molecule has 0 spiro atoms. The highest BCUT2D eigenvalue weighted by molar-refractivity contribution is 5.82. The minimum atomic E-state index is -4.82. The smallest absolute Gasteiger partial charge is 0.373 e. The van der Waals surface area contributed by atoms with Crippen LogP contribution in [0.15, 0.2) is 30.3 Å². The molecule has 7 heteroatoms. The lowest BCUT2D eigenvalue weighted by molar-refractivity contribution is -0.184. The average molecular weight is 314 g/mol. The van der Waals surface area contributed by atoms with Crippen molar-refractivity contribution in [1.29, 1.82) is 0 Å². The lowest BCUT2D eigenvalue weighted by Gasteiger charge is -2.36. The number of carbonyl (C=O) groups excluding carboxylic acids is 1. The van der Waals surface area contributed by atoms with Gasteiger partial charge in [0.15, 0.2) is 0 Å². The van der Waals surface area contributed by atoms with E-state index in [0.717, 1.165) is 10.5 Å². The van der Waals surface area contributed by atoms with Crippen molar-refractivity contribution < 1.29 is 22.7 Å². The number of morpholine rings is 1. The molecule has 0 unspecified atom stereocenters. The average Bonchev–Trinajstić information content (AvgIpc) is 2.91. The molecule has 0 saturated carbocycles. The molecule has 2 saturated heterocycles. The summed E-state index contributed by atoms with van der Waals surface area (Å²) in [7, 11) is 0. The summed E-state index contributed by atoms with van der Waals surface area (Å²) >= 11 is 0. The fraction of sp³-hybridized carbons (Fsp3) is 0.533. The fourth-order valence-corrected chi connectivity index (χ4v) is 3.12. The van der Waals surface area contributed by atoms with Crippen molar-refractivity contribution in [1.82, 2.24) is 9.80 Å². The predicted molar refractivity (Wildman–Crippen MR) is 73.0 cm³/mol. The van der Waals surface area contributed by atoms with Gasteiger partial charge >= 0.3 is 12.1 Å². The molecule has 0 aromatic heterocycles. The molecule has 0 radical (unpaired) electrons. The van der Waals surface area contributed by atoms with E-state index < -0.39 is 12.1 Å². The van der Waals surface area contributed by atoms with Crippen LogP contribution in [0.1, 0.15) is 5.56 Å². The Bertz CT molecular complexity index is 535. The molecule has 1 aromatic carbocycles. The van der Waals surface area contributed by atoms with Gasteiger partial charge in [0.05, 0.1) is 18.8 Å². The third kappa shape index (κ3) is 3.10. The first-order valence-corrected chi connectivity index (χ1v) is 7.21. The van der Waals surface area contributed by atoms with Crippen LogP contribution in [0.25, 0.3) is 0 Å². The van der Waals surface area contributed by atoms with Gasteiger partial charge in [-0.1, -0.05) is 30.3 Å². The van der Waals surface area contributed by atoms with Crippen molar-refractivity contribution in [2.45, 2.75) is 24.9 Å². The molecule has 0 bridgehead atoms. The first-order valence-electron chi connectivity index (χ1n) is 7.21. The molecule has 2 aliphatic rings. The topological polar surface area (TPSA) is 32.8 Å². The Morgan fingerprint density at radius 1 is 1.23 bits per heavy atom. The highest BCUT2D eigenvalue weighted by atomic mass is 19.4. The first-order chi connectivity index (χ1) is 10.4. The van der Waals surface area contributed by atoms with Crippen LogP contribution in [0.3, 0.4) is 0 Å². The maximum Gasteiger partial charge on any atom is 0.471 e. The Morgan fingerprint density at radius 3 is 2.64 bits per heavy atom. The lowest BCUT2D eigenvalue weighted by atomic mass is 10.1. The summed E-state index contributed by atoms with van der Waals surface area (Å²) in [6, 6.07) is 9.57. The van der Waals surface area contributed by atoms with Crippen LogP contribution in [0.5, 0.6) is 0 Å². The van der Waals surface area contributed by atoms with Gasteiger partial charge in [-0.25, -0.2) is 0 Å². The minimum absolute atomic E-state index is 0.00823. The number of halogens is 3. The zero-order valence-electron chi connectivity index (χ0n) is 11.9. The number of amides is 1. The number of alkyl halides is 3. The Kier molecular flexibility index (Phi) is 4.10. The Morgan fingerprint density at radius 2 is 1.95 bits per heavy atom. The van der Waals surface area contributed by atoms with Gasteiger partial charge < -0.3 is 9.64 Å². The van der Waals surface area contributed by atoms with Crippen molar-refractivity contribution in [2.24, 2.45) is 0 Å². The molecule has 1 aromatic rings. The monoisotopic (exact) mass is 314 g/mol. The molecule has 0 N–H and O–H groups in total. The molecule has 1 amide bonds. The second-order valence-corrected chi connectivity index (χ2v) is 5.64. The number of hydrogen-bond donors (Lipinski definition) is 0. The predicted octanol–water partition coefficient (Wildman–Crippen LogP) is 1.66. The van der Waals surface area contributed by atoms with E-state index in [1.165, 1.54) is 0 Å². The van der Waals surface area contributed by atoms with E-state index in [1.807, 2.05) is 30.3 Å². The zero-order chi connectivity index (χ0) is 15.7. The molecule has 0 aliphatic carbocycles. The van der Waals surface area contributed by atoms with Crippen LogP contribution in [-0.2, 0) is 16.1 Å². The van der Waals surface area contributed by atoms with E-state index in [-0.39, 0.29) is 25.2 Å². The van der Waals surface area contributed by atoms with E-state index in [0.29, 0.717) is 19.7 Å². The maximum absolute atomic E-state index is 12.6. The second-order valence-electron chi connectivity index (χ2n) is 5.64. The molecule has 22 heavy (non-hydrogen) atoms. The Hall–Kier alpha value is -1.60. The molecule has 4 nitrogen and oxygen atoms in total. The van der Waals surface area contributed by atoms with Crippen LogP contribution in [0.4, 0.5) is 13.2 Å². The third-order valence-electron chi connectivity index (χ3n) is 4.17. The van der Waals surface area contributed by atoms with Gasteiger partial charge in [-0.05, 0) is 5.56 Å². The molecule has 120 valence electrons. The van der Waals surface area contributed by atoms with Crippen molar-refractivity contribution in [3.63, 3.8) is 0 Å². The molecular weight excluding hydrogens is 297 g/mol. The van der Waals surface area contributed by atoms with Crippen molar-refractivity contribution in [3.8, 4) is 0 Å². The van der Waals surface area contributed by atoms with Crippen LogP contribution in [0.2, 0.25) is 0 Å². The highest BCUT2D eigenvalue weighted by Crippen LogP contribution is 2.28. The molecule has 2 heterocycles. The zero-order valence-corrected chi connectivity index (χ0v) is 11.9. The van der Waals surface area contributed by atoms with Crippen molar-refractivity contribution in [2.75, 3.05) is 26.2 Å². The molecule has 2 aliphatic heterocycles. The summed E-state index contributed by atoms with van der Waals surface area (Å²) in [4.78, 5) is 14.4. The molecule has 2 atom stereocenters. The Labute approximate surface area is 126 Å². The lowest BCUT2D eigenvalue weighted by Crippen LogP contribution is -2.50. The summed E-state index contributed by atoms with van der Waals surface area (Å²) in [5, 5.41) is 0. The summed E-state index contributed by atoms with van der Waals surface area (Å²) in [6.45, 7) is 1.86. The fourth-order valence-electron chi connectivity index (χ4n) is 3.12. The van der Waals surface area contributed by atoms with Crippen LogP contribution < -0.4 is 0 Å². The number of carbonyl (C=O) groups is 1. The van der Waals surface area contributed by atoms with Crippen molar-refractivity contribution in [3.05, 3.63) is 35.9 Å². The first kappa shape index (κ1) is 15.3. The van der Waals surface area contributed by atoms with Gasteiger partial charge in [0.2, 0.25) is 0 Å². The van der Waals surface area contributed by atoms with Gasteiger partial charge in [-0.2, -0.15) is 13.2 Å². The van der Waals surface area contributed by atoms with E-state index in [4.69, 9.17) is 4.74 Å². The van der Waals surface area contributed by atoms with Gasteiger partial charge in [-0.3, -0.25) is 9.69 Å². The SMILES string of the molecule is O=C(N1C[C@@H]2OCCN(Cc3ccccc3)[C@H]2C1)C(F)(F)F. The van der Waals surface area contributed by atoms with Crippen LogP contribution in [-0.4, -0.2) is 60.3 Å². The van der Waals surface area contributed by atoms with Gasteiger partial charge in [0.25, 0.3) is 0 Å². The summed E-state index contributed by atoms with van der Waals surface area (Å²) in [6.07, 6.45) is -5.17. The molecular formula is C15H17F3N2O2. The van der Waals surface area contributed by atoms with Crippen LogP contribution in [0, 0.1) is 0 Å². The van der Waals surface area contributed by atoms with Gasteiger partial charge in [-0.15, -0.1) is 0 Å². The number of fused-ring (bicyclic) bond motifs is 1. The van der Waals surface area contributed by atoms with E-state index in [9.17, 15) is 18.0 Å². The Balaban J connectivity index is 1.70. The number of hydrogen-bond acceptors (Lipinski definition) is 3. The normalized spacial score (nSPS) is 26.0. The van der Waals surface area contributed by atoms with Gasteiger partial charge in [0, 0.05) is 26.2 Å². The van der Waals surface area contributed by atoms with E-state index in [2.05, 4.69) is 4.90 Å². The van der Waals surface area contributed by atoms with E-state index in [1.54, 1.807) is 0 Å². The molecule has 2 fully saturated rings. The number of likely N-dealkylation sites (tertiary alicyclic amines) is 1. The standard InChI is InChI=1S/C15H17F3N2O2/c16-15(17,18)14(21)20-9-12-13(10-20)22-7-6-19(12)8-11-4-2-1-3-5-11/h1-5,12-13H,6-10H2/t12-,13-/m0/s1. The van der Waals surface area contributed by atoms with Crippen molar-refractivity contribution >= 4 is 5.91 Å².